The fourth-order valence-corrected chi connectivity index (χ4v) is 0.596. The van der Waals surface area contributed by atoms with Gasteiger partial charge in [-0.25, -0.2) is 4.98 Å². The molecule has 1 heterocycles. The summed E-state index contributed by atoms with van der Waals surface area (Å²) < 4.78 is 43.1. The maximum Gasteiger partial charge on any atom is 0.151 e. The molecular weight excluding hydrogens is 126 g/mol. The maximum absolute atomic E-state index is 7.18. The monoisotopic (exact) mass is 143 g/mol. The number of anilines is 2. The van der Waals surface area contributed by atoms with Crippen molar-refractivity contribution in [1.29, 1.82) is 0 Å². The van der Waals surface area contributed by atoms with Crippen LogP contribution in [0.4, 0.5) is 11.5 Å². The first-order valence-corrected chi connectivity index (χ1v) is 2.65. The Morgan fingerprint density at radius 1 is 1.70 bits per heavy atom. The summed E-state index contributed by atoms with van der Waals surface area (Å²) in [5.41, 5.74) is 5.52. The van der Waals surface area contributed by atoms with Gasteiger partial charge < -0.3 is 10.6 Å². The van der Waals surface area contributed by atoms with Crippen LogP contribution in [0.3, 0.4) is 0 Å². The van der Waals surface area contributed by atoms with Crippen molar-refractivity contribution in [2.24, 2.45) is 0 Å². The van der Waals surface area contributed by atoms with Crippen LogP contribution in [-0.4, -0.2) is 18.9 Å². The Morgan fingerprint density at radius 3 is 3.10 bits per heavy atom. The van der Waals surface area contributed by atoms with E-state index in [1.54, 1.807) is 0 Å². The van der Waals surface area contributed by atoms with Crippen LogP contribution in [-0.2, 0) is 0 Å². The van der Waals surface area contributed by atoms with Crippen molar-refractivity contribution in [3.8, 4) is 0 Å². The number of nitrogens with two attached hydrogens (primary N) is 1. The summed E-state index contributed by atoms with van der Waals surface area (Å²) >= 11 is 0. The zero-order chi connectivity index (χ0) is 12.6. The summed E-state index contributed by atoms with van der Waals surface area (Å²) in [6, 6.07) is 2.89. The first-order chi connectivity index (χ1) is 7.14. The molecule has 0 aromatic carbocycles. The second kappa shape index (κ2) is 2.56. The highest BCUT2D eigenvalue weighted by Crippen LogP contribution is 2.14. The van der Waals surface area contributed by atoms with E-state index in [1.165, 1.54) is 18.3 Å². The maximum atomic E-state index is 7.18. The largest absolute Gasteiger partial charge is 0.396 e. The van der Waals surface area contributed by atoms with Crippen LogP contribution in [0.1, 0.15) is 8.22 Å². The number of nitrogen functional groups attached to an aromatic ring is 1. The van der Waals surface area contributed by atoms with Crippen molar-refractivity contribution in [3.05, 3.63) is 18.3 Å². The van der Waals surface area contributed by atoms with Crippen molar-refractivity contribution >= 4 is 11.5 Å². The number of rotatable bonds is 1. The molecule has 0 fully saturated rings. The molecule has 0 bridgehead atoms. The Balaban J connectivity index is 3.29. The highest BCUT2D eigenvalue weighted by molar-refractivity contribution is 5.61. The number of hydrogen-bond donors (Lipinski definition) is 1. The third kappa shape index (κ3) is 1.18. The minimum absolute atomic E-state index is 0.00903. The van der Waals surface area contributed by atoms with Crippen LogP contribution in [0.15, 0.2) is 18.3 Å². The van der Waals surface area contributed by atoms with Gasteiger partial charge in [0, 0.05) is 28.4 Å². The molecule has 0 aliphatic heterocycles. The van der Waals surface area contributed by atoms with Crippen LogP contribution < -0.4 is 10.6 Å². The van der Waals surface area contributed by atoms with Gasteiger partial charge in [0.25, 0.3) is 0 Å². The van der Waals surface area contributed by atoms with Crippen LogP contribution in [0, 0.1) is 0 Å². The van der Waals surface area contributed by atoms with Gasteiger partial charge in [0.1, 0.15) is 0 Å². The van der Waals surface area contributed by atoms with Crippen molar-refractivity contribution in [1.82, 2.24) is 4.98 Å². The van der Waals surface area contributed by atoms with Crippen LogP contribution in [0.2, 0.25) is 0 Å². The number of aromatic nitrogens is 1. The van der Waals surface area contributed by atoms with E-state index in [9.17, 15) is 0 Å². The van der Waals surface area contributed by atoms with E-state index < -0.39 is 14.0 Å². The molecule has 0 saturated heterocycles. The normalized spacial score (nSPS) is 20.8. The van der Waals surface area contributed by atoms with Gasteiger partial charge in [-0.2, -0.15) is 0 Å². The van der Waals surface area contributed by atoms with Gasteiger partial charge in [0.15, 0.2) is 5.82 Å². The van der Waals surface area contributed by atoms with Gasteiger partial charge in [0.2, 0.25) is 0 Å². The molecule has 0 amide bonds. The molecule has 0 radical (unpaired) electrons. The highest BCUT2D eigenvalue weighted by atomic mass is 15.1. The van der Waals surface area contributed by atoms with Gasteiger partial charge in [-0.1, -0.05) is 0 Å². The predicted molar refractivity (Wildman–Crippen MR) is 43.0 cm³/mol. The average Bonchev–Trinajstić information content (AvgIpc) is 2.03. The van der Waals surface area contributed by atoms with Crippen LogP contribution >= 0.6 is 0 Å². The Morgan fingerprint density at radius 2 is 2.50 bits per heavy atom. The topological polar surface area (TPSA) is 42.2 Å². The molecule has 1 aromatic heterocycles. The summed E-state index contributed by atoms with van der Waals surface area (Å²) in [5, 5.41) is 0. The molecule has 10 heavy (non-hydrogen) atoms. The molecule has 1 aromatic rings. The van der Waals surface area contributed by atoms with E-state index >= 15 is 0 Å². The Kier molecular flexibility index (Phi) is 0.618. The molecule has 3 nitrogen and oxygen atoms in total. The van der Waals surface area contributed by atoms with E-state index in [2.05, 4.69) is 4.98 Å². The van der Waals surface area contributed by atoms with Crippen molar-refractivity contribution in [3.63, 3.8) is 0 Å². The lowest BCUT2D eigenvalue weighted by Crippen LogP contribution is -2.12. The summed E-state index contributed by atoms with van der Waals surface area (Å²) in [7, 11) is 0. The third-order valence-electron chi connectivity index (χ3n) is 1.03. The average molecular weight is 143 g/mol. The van der Waals surface area contributed by atoms with E-state index in [-0.39, 0.29) is 16.4 Å². The Labute approximate surface area is 68.9 Å². The molecular formula is C7H11N3. The van der Waals surface area contributed by atoms with Gasteiger partial charge in [-0.3, -0.25) is 0 Å². The molecule has 0 saturated carbocycles. The zero-order valence-corrected chi connectivity index (χ0v) is 5.20. The molecule has 0 aliphatic carbocycles. The van der Waals surface area contributed by atoms with Gasteiger partial charge in [-0.05, 0) is 12.1 Å². The Hall–Kier alpha value is -1.25. The van der Waals surface area contributed by atoms with Crippen molar-refractivity contribution in [2.45, 2.75) is 0 Å². The smallest absolute Gasteiger partial charge is 0.151 e. The van der Waals surface area contributed by atoms with E-state index in [0.717, 1.165) is 0 Å². The summed E-state index contributed by atoms with van der Waals surface area (Å²) in [5.74, 6) is -0.262. The predicted octanol–water partition coefficient (Wildman–Crippen LogP) is 0.730. The minimum atomic E-state index is -2.83. The van der Waals surface area contributed by atoms with E-state index in [0.29, 0.717) is 0 Å². The summed E-state index contributed by atoms with van der Waals surface area (Å²) in [6.07, 6.45) is 1.29. The first-order valence-electron chi connectivity index (χ1n) is 5.65. The molecule has 1 rings (SSSR count). The summed E-state index contributed by atoms with van der Waals surface area (Å²) in [6.45, 7) is -5.65. The standard InChI is InChI=1S/C7H11N3/c1-10(2)7-6(8)4-3-5-9-7/h3-5H,8H2,1-2H3/i1D3,2D3. The van der Waals surface area contributed by atoms with Gasteiger partial charge in [0.05, 0.1) is 5.69 Å². The second-order valence-corrected chi connectivity index (χ2v) is 1.75. The molecule has 54 valence electrons. The Bertz CT molecular complexity index is 357. The fourth-order valence-electron chi connectivity index (χ4n) is 0.596. The molecule has 2 N–H and O–H groups in total. The van der Waals surface area contributed by atoms with Crippen LogP contribution in [0.25, 0.3) is 0 Å². The second-order valence-electron chi connectivity index (χ2n) is 1.75. The highest BCUT2D eigenvalue weighted by Gasteiger charge is 1.98. The van der Waals surface area contributed by atoms with E-state index in [1.807, 2.05) is 0 Å². The van der Waals surface area contributed by atoms with Gasteiger partial charge in [-0.15, -0.1) is 0 Å². The zero-order valence-electron chi connectivity index (χ0n) is 11.2. The molecule has 0 atom stereocenters. The summed E-state index contributed by atoms with van der Waals surface area (Å²) in [4.78, 5) is 3.95. The molecule has 0 spiro atoms. The van der Waals surface area contributed by atoms with Crippen LogP contribution in [0.5, 0.6) is 0 Å². The number of nitrogens with zero attached hydrogens (tertiary/aromatic N) is 2. The first kappa shape index (κ1) is 2.42. The lowest BCUT2D eigenvalue weighted by Gasteiger charge is -2.12. The third-order valence-corrected chi connectivity index (χ3v) is 1.03. The van der Waals surface area contributed by atoms with E-state index in [4.69, 9.17) is 14.0 Å². The molecule has 0 aliphatic rings. The molecule has 0 unspecified atom stereocenters. The minimum Gasteiger partial charge on any atom is -0.396 e. The van der Waals surface area contributed by atoms with Gasteiger partial charge >= 0.3 is 0 Å². The fraction of sp³-hybridized carbons (Fsp3) is 0.286. The number of pyridine rings is 1. The molecule has 3 heteroatoms. The number of hydrogen-bond acceptors (Lipinski definition) is 3. The lowest BCUT2D eigenvalue weighted by atomic mass is 10.4. The van der Waals surface area contributed by atoms with Crippen molar-refractivity contribution in [2.75, 3.05) is 24.6 Å². The van der Waals surface area contributed by atoms with Crippen molar-refractivity contribution < 1.29 is 8.22 Å². The lowest BCUT2D eigenvalue weighted by molar-refractivity contribution is 1.07. The quantitative estimate of drug-likeness (QED) is 0.630. The SMILES string of the molecule is [2H]C([2H])([2H])N(c1ncccc1N)C([2H])([2H])[2H].